The van der Waals surface area contributed by atoms with Gasteiger partial charge in [0.2, 0.25) is 5.96 Å². The van der Waals surface area contributed by atoms with E-state index in [9.17, 15) is 4.79 Å². The first-order chi connectivity index (χ1) is 14.7. The molecule has 3 aromatic carbocycles. The van der Waals surface area contributed by atoms with Crippen LogP contribution in [0, 0.1) is 6.92 Å². The number of benzene rings is 3. The Hall–Kier alpha value is -3.40. The smallest absolute Gasteiger partial charge is 0.259 e. The molecule has 1 atom stereocenters. The molecule has 0 N–H and O–H groups in total. The number of guanidine groups is 1. The summed E-state index contributed by atoms with van der Waals surface area (Å²) in [5.74, 6) is 0.774. The van der Waals surface area contributed by atoms with Crippen molar-refractivity contribution in [1.29, 1.82) is 0 Å². The third kappa shape index (κ3) is 4.13. The van der Waals surface area contributed by atoms with Gasteiger partial charge in [0, 0.05) is 19.5 Å². The Labute approximate surface area is 178 Å². The van der Waals surface area contributed by atoms with E-state index >= 15 is 0 Å². The molecule has 152 valence electrons. The van der Waals surface area contributed by atoms with Crippen molar-refractivity contribution in [2.24, 2.45) is 4.99 Å². The lowest BCUT2D eigenvalue weighted by atomic mass is 10.1. The van der Waals surface area contributed by atoms with E-state index in [-0.39, 0.29) is 5.91 Å². The van der Waals surface area contributed by atoms with Crippen LogP contribution in [0.15, 0.2) is 89.9 Å². The highest BCUT2D eigenvalue weighted by atomic mass is 16.2. The molecular formula is C26H27N3O. The van der Waals surface area contributed by atoms with Gasteiger partial charge in [0.15, 0.2) is 0 Å². The van der Waals surface area contributed by atoms with Crippen LogP contribution < -0.4 is 4.90 Å². The van der Waals surface area contributed by atoms with Crippen LogP contribution in [0.2, 0.25) is 0 Å². The number of carbonyl (C=O) groups excluding carboxylic acids is 1. The normalized spacial score (nSPS) is 15.9. The molecule has 1 unspecified atom stereocenters. The Balaban J connectivity index is 1.70. The van der Waals surface area contributed by atoms with Crippen LogP contribution in [0.3, 0.4) is 0 Å². The maximum atomic E-state index is 13.5. The summed E-state index contributed by atoms with van der Waals surface area (Å²) in [7, 11) is 0. The monoisotopic (exact) mass is 397 g/mol. The van der Waals surface area contributed by atoms with E-state index in [2.05, 4.69) is 36.1 Å². The standard InChI is InChI=1S/C26H27N3O/c1-3-28(19-22-15-8-5-9-16-22)26-27-23(18-21-13-6-4-7-14-21)25(30)29(26)24-17-11-10-12-20(24)2/h4-17,23H,3,18-19H2,1-2H3. The molecule has 0 radical (unpaired) electrons. The maximum Gasteiger partial charge on any atom is 0.259 e. The van der Waals surface area contributed by atoms with Crippen LogP contribution in [0.4, 0.5) is 5.69 Å². The van der Waals surface area contributed by atoms with Crippen LogP contribution in [0.5, 0.6) is 0 Å². The van der Waals surface area contributed by atoms with E-state index in [1.54, 1.807) is 0 Å². The average Bonchev–Trinajstić information content (AvgIpc) is 3.09. The zero-order chi connectivity index (χ0) is 20.9. The minimum absolute atomic E-state index is 0.0367. The zero-order valence-corrected chi connectivity index (χ0v) is 17.5. The van der Waals surface area contributed by atoms with E-state index in [0.29, 0.717) is 13.0 Å². The summed E-state index contributed by atoms with van der Waals surface area (Å²) in [5, 5.41) is 0. The molecule has 0 aromatic heterocycles. The molecule has 0 saturated carbocycles. The van der Waals surface area contributed by atoms with Crippen molar-refractivity contribution in [1.82, 2.24) is 4.90 Å². The molecule has 0 fully saturated rings. The lowest BCUT2D eigenvalue weighted by Crippen LogP contribution is -2.45. The first-order valence-corrected chi connectivity index (χ1v) is 10.5. The fraction of sp³-hybridized carbons (Fsp3) is 0.231. The number of hydrogen-bond donors (Lipinski definition) is 0. The minimum Gasteiger partial charge on any atom is -0.338 e. The third-order valence-electron chi connectivity index (χ3n) is 5.49. The van der Waals surface area contributed by atoms with Crippen molar-refractivity contribution in [2.75, 3.05) is 11.4 Å². The van der Waals surface area contributed by atoms with Gasteiger partial charge in [-0.15, -0.1) is 0 Å². The van der Waals surface area contributed by atoms with E-state index in [1.165, 1.54) is 5.56 Å². The van der Waals surface area contributed by atoms with Crippen molar-refractivity contribution in [3.05, 3.63) is 102 Å². The highest BCUT2D eigenvalue weighted by Gasteiger charge is 2.38. The van der Waals surface area contributed by atoms with Gasteiger partial charge in [-0.3, -0.25) is 4.79 Å². The van der Waals surface area contributed by atoms with Crippen molar-refractivity contribution in [3.63, 3.8) is 0 Å². The van der Waals surface area contributed by atoms with Crippen molar-refractivity contribution in [3.8, 4) is 0 Å². The summed E-state index contributed by atoms with van der Waals surface area (Å²) in [6, 6.07) is 28.1. The molecule has 4 heteroatoms. The molecule has 1 amide bonds. The minimum atomic E-state index is -0.410. The Morgan fingerprint density at radius 1 is 0.867 bits per heavy atom. The molecule has 0 bridgehead atoms. The molecular weight excluding hydrogens is 370 g/mol. The summed E-state index contributed by atoms with van der Waals surface area (Å²) in [6.07, 6.45) is 0.606. The van der Waals surface area contributed by atoms with Crippen molar-refractivity contribution >= 4 is 17.6 Å². The predicted octanol–water partition coefficient (Wildman–Crippen LogP) is 4.83. The van der Waals surface area contributed by atoms with Crippen LogP contribution in [-0.4, -0.2) is 29.4 Å². The quantitative estimate of drug-likeness (QED) is 0.597. The van der Waals surface area contributed by atoms with Crippen molar-refractivity contribution in [2.45, 2.75) is 32.9 Å². The van der Waals surface area contributed by atoms with Gasteiger partial charge in [0.1, 0.15) is 6.04 Å². The van der Waals surface area contributed by atoms with Gasteiger partial charge in [-0.05, 0) is 36.6 Å². The Morgan fingerprint density at radius 2 is 1.47 bits per heavy atom. The van der Waals surface area contributed by atoms with Gasteiger partial charge in [0.05, 0.1) is 5.69 Å². The van der Waals surface area contributed by atoms with Crippen LogP contribution in [0.1, 0.15) is 23.6 Å². The van der Waals surface area contributed by atoms with Gasteiger partial charge in [0.25, 0.3) is 5.91 Å². The number of carbonyl (C=O) groups is 1. The Kier molecular flexibility index (Phi) is 5.94. The van der Waals surface area contributed by atoms with Crippen LogP contribution >= 0.6 is 0 Å². The van der Waals surface area contributed by atoms with Gasteiger partial charge in [-0.2, -0.15) is 0 Å². The van der Waals surface area contributed by atoms with Crippen LogP contribution in [0.25, 0.3) is 0 Å². The lowest BCUT2D eigenvalue weighted by Gasteiger charge is -2.29. The number of amides is 1. The molecule has 30 heavy (non-hydrogen) atoms. The number of aliphatic imine (C=N–C) groups is 1. The number of nitrogens with zero attached hydrogens (tertiary/aromatic N) is 3. The number of aryl methyl sites for hydroxylation is 1. The summed E-state index contributed by atoms with van der Waals surface area (Å²) < 4.78 is 0. The first kappa shape index (κ1) is 19.9. The number of para-hydroxylation sites is 1. The molecule has 1 aliphatic heterocycles. The number of rotatable bonds is 6. The van der Waals surface area contributed by atoms with Gasteiger partial charge in [-0.1, -0.05) is 78.9 Å². The largest absolute Gasteiger partial charge is 0.338 e. The van der Waals surface area contributed by atoms with E-state index in [1.807, 2.05) is 72.5 Å². The second-order valence-corrected chi connectivity index (χ2v) is 7.59. The lowest BCUT2D eigenvalue weighted by molar-refractivity contribution is -0.118. The second kappa shape index (κ2) is 8.95. The summed E-state index contributed by atoms with van der Waals surface area (Å²) in [5.41, 5.74) is 4.29. The molecule has 1 heterocycles. The molecule has 4 nitrogen and oxygen atoms in total. The second-order valence-electron chi connectivity index (χ2n) is 7.59. The first-order valence-electron chi connectivity index (χ1n) is 10.5. The fourth-order valence-electron chi connectivity index (χ4n) is 3.86. The molecule has 1 aliphatic rings. The summed E-state index contributed by atoms with van der Waals surface area (Å²) in [6.45, 7) is 5.63. The predicted molar refractivity (Wildman–Crippen MR) is 123 cm³/mol. The Morgan fingerprint density at radius 3 is 2.10 bits per heavy atom. The van der Waals surface area contributed by atoms with Gasteiger partial charge in [-0.25, -0.2) is 9.89 Å². The van der Waals surface area contributed by atoms with Crippen molar-refractivity contribution < 1.29 is 4.79 Å². The average molecular weight is 398 g/mol. The SMILES string of the molecule is CCN(Cc1ccccc1)C1=NC(Cc2ccccc2)C(=O)N1c1ccccc1C. The van der Waals surface area contributed by atoms with E-state index in [0.717, 1.165) is 29.3 Å². The summed E-state index contributed by atoms with van der Waals surface area (Å²) >= 11 is 0. The Bertz CT molecular complexity index is 1030. The maximum absolute atomic E-state index is 13.5. The molecule has 4 rings (SSSR count). The number of anilines is 1. The van der Waals surface area contributed by atoms with Gasteiger partial charge < -0.3 is 4.90 Å². The van der Waals surface area contributed by atoms with Gasteiger partial charge >= 0.3 is 0 Å². The molecule has 3 aromatic rings. The molecule has 0 spiro atoms. The highest BCUT2D eigenvalue weighted by molar-refractivity contribution is 6.22. The fourth-order valence-corrected chi connectivity index (χ4v) is 3.86. The molecule has 0 saturated heterocycles. The number of hydrogen-bond acceptors (Lipinski definition) is 3. The highest BCUT2D eigenvalue weighted by Crippen LogP contribution is 2.28. The topological polar surface area (TPSA) is 35.9 Å². The van der Waals surface area contributed by atoms with E-state index < -0.39 is 6.04 Å². The van der Waals surface area contributed by atoms with E-state index in [4.69, 9.17) is 4.99 Å². The molecule has 0 aliphatic carbocycles. The zero-order valence-electron chi connectivity index (χ0n) is 17.5. The summed E-state index contributed by atoms with van der Waals surface area (Å²) in [4.78, 5) is 22.5. The third-order valence-corrected chi connectivity index (χ3v) is 5.49. The van der Waals surface area contributed by atoms with Crippen LogP contribution in [-0.2, 0) is 17.8 Å².